The fourth-order valence-corrected chi connectivity index (χ4v) is 3.33. The Labute approximate surface area is 171 Å². The number of carboxylic acids is 1. The number of aliphatic carboxylic acids is 1. The van der Waals surface area contributed by atoms with Crippen LogP contribution in [0.1, 0.15) is 12.0 Å². The number of aliphatic hydroxyl groups is 3. The molecule has 30 heavy (non-hydrogen) atoms. The molecular formula is C17H24NO11P. The van der Waals surface area contributed by atoms with Crippen molar-refractivity contribution in [3.05, 3.63) is 35.9 Å². The van der Waals surface area contributed by atoms with E-state index in [1.165, 1.54) is 0 Å². The summed E-state index contributed by atoms with van der Waals surface area (Å²) in [5.41, 5.74) is 0.673. The van der Waals surface area contributed by atoms with E-state index in [4.69, 9.17) is 14.5 Å². The second-order valence-corrected chi connectivity index (χ2v) is 8.06. The van der Waals surface area contributed by atoms with E-state index in [1.807, 2.05) is 0 Å². The summed E-state index contributed by atoms with van der Waals surface area (Å²) in [7, 11) is -4.88. The molecule has 2 rings (SSSR count). The first-order valence-electron chi connectivity index (χ1n) is 8.93. The van der Waals surface area contributed by atoms with Gasteiger partial charge in [-0.1, -0.05) is 30.3 Å². The third-order valence-electron chi connectivity index (χ3n) is 4.52. The van der Waals surface area contributed by atoms with Crippen LogP contribution in [0.4, 0.5) is 0 Å². The van der Waals surface area contributed by atoms with Crippen molar-refractivity contribution in [3.8, 4) is 0 Å². The molecule has 6 atom stereocenters. The molecule has 1 unspecified atom stereocenters. The van der Waals surface area contributed by atoms with Gasteiger partial charge in [-0.15, -0.1) is 0 Å². The summed E-state index contributed by atoms with van der Waals surface area (Å²) in [5.74, 6) is -2.08. The van der Waals surface area contributed by atoms with Crippen LogP contribution in [0, 0.1) is 0 Å². The number of nitrogens with one attached hydrogen (secondary N) is 1. The number of benzene rings is 1. The van der Waals surface area contributed by atoms with Crippen LogP contribution in [0.2, 0.25) is 0 Å². The molecule has 0 bridgehead atoms. The van der Waals surface area contributed by atoms with E-state index >= 15 is 0 Å². The lowest BCUT2D eigenvalue weighted by Gasteiger charge is -2.40. The molecule has 1 aliphatic heterocycles. The summed E-state index contributed by atoms with van der Waals surface area (Å²) in [4.78, 5) is 41.3. The van der Waals surface area contributed by atoms with E-state index in [2.05, 4.69) is 9.84 Å². The number of hydrogen-bond acceptors (Lipinski definition) is 8. The highest BCUT2D eigenvalue weighted by Gasteiger charge is 2.45. The number of rotatable bonds is 9. The number of carbonyl (C=O) groups excluding carboxylic acids is 1. The fraction of sp³-hybridized carbons (Fsp3) is 0.529. The zero-order chi connectivity index (χ0) is 22.5. The second kappa shape index (κ2) is 10.4. The van der Waals surface area contributed by atoms with Crippen molar-refractivity contribution in [3.63, 3.8) is 0 Å². The molecule has 1 heterocycles. The number of carbonyl (C=O) groups is 2. The lowest BCUT2D eigenvalue weighted by molar-refractivity contribution is -0.228. The van der Waals surface area contributed by atoms with Crippen LogP contribution in [0.5, 0.6) is 0 Å². The first-order valence-corrected chi connectivity index (χ1v) is 10.5. The zero-order valence-electron chi connectivity index (χ0n) is 15.6. The highest BCUT2D eigenvalue weighted by atomic mass is 31.2. The summed E-state index contributed by atoms with van der Waals surface area (Å²) < 4.78 is 20.3. The molecule has 0 radical (unpaired) electrons. The lowest BCUT2D eigenvalue weighted by Crippen LogP contribution is -2.59. The number of hydrogen-bond donors (Lipinski definition) is 7. The van der Waals surface area contributed by atoms with Gasteiger partial charge in [0.05, 0.1) is 19.1 Å². The quantitative estimate of drug-likeness (QED) is 0.208. The van der Waals surface area contributed by atoms with Gasteiger partial charge in [0.25, 0.3) is 0 Å². The van der Waals surface area contributed by atoms with Crippen LogP contribution >= 0.6 is 7.82 Å². The van der Waals surface area contributed by atoms with Gasteiger partial charge < -0.3 is 40.3 Å². The van der Waals surface area contributed by atoms with Crippen LogP contribution in [-0.4, -0.2) is 85.3 Å². The number of carboxylic acid groups (broad SMARTS) is 1. The minimum Gasteiger partial charge on any atom is -0.480 e. The normalized spacial score (nSPS) is 28.0. The smallest absolute Gasteiger partial charge is 0.469 e. The molecule has 1 fully saturated rings. The minimum absolute atomic E-state index is 0.01000. The van der Waals surface area contributed by atoms with Crippen molar-refractivity contribution in [2.24, 2.45) is 0 Å². The first kappa shape index (κ1) is 24.4. The Morgan fingerprint density at radius 1 is 1.07 bits per heavy atom. The lowest BCUT2D eigenvalue weighted by atomic mass is 9.93. The predicted octanol–water partition coefficient (Wildman–Crippen LogP) is -1.85. The average Bonchev–Trinajstić information content (AvgIpc) is 2.67. The van der Waals surface area contributed by atoms with Gasteiger partial charge in [-0.2, -0.15) is 0 Å². The molecule has 13 heteroatoms. The van der Waals surface area contributed by atoms with Gasteiger partial charge in [0.1, 0.15) is 30.5 Å². The van der Waals surface area contributed by atoms with Gasteiger partial charge in [0.2, 0.25) is 5.91 Å². The number of aliphatic hydroxyl groups excluding tert-OH is 3. The van der Waals surface area contributed by atoms with E-state index in [0.717, 1.165) is 0 Å². The SMILES string of the molecule is O=C(CC1O[C@H](COP(=O)(O)O)[C@@H](O)[C@H](O)[C@@H]1O)N[C@@H](Cc1ccccc1)C(=O)O. The van der Waals surface area contributed by atoms with E-state index in [9.17, 15) is 34.6 Å². The maximum atomic E-state index is 12.3. The number of ether oxygens (including phenoxy) is 1. The predicted molar refractivity (Wildman–Crippen MR) is 99.0 cm³/mol. The zero-order valence-corrected chi connectivity index (χ0v) is 16.5. The average molecular weight is 449 g/mol. The minimum atomic E-state index is -4.88. The molecule has 0 saturated carbocycles. The molecule has 1 amide bonds. The van der Waals surface area contributed by atoms with Gasteiger partial charge in [0, 0.05) is 6.42 Å². The summed E-state index contributed by atoms with van der Waals surface area (Å²) in [6, 6.07) is 7.32. The Kier molecular flexibility index (Phi) is 8.47. The summed E-state index contributed by atoms with van der Waals surface area (Å²) >= 11 is 0. The molecule has 168 valence electrons. The summed E-state index contributed by atoms with van der Waals surface area (Å²) in [6.07, 6.45) is -8.58. The van der Waals surface area contributed by atoms with Gasteiger partial charge in [-0.05, 0) is 5.56 Å². The van der Waals surface area contributed by atoms with E-state index < -0.39 is 69.3 Å². The molecule has 1 aromatic rings. The number of phosphoric acid groups is 1. The van der Waals surface area contributed by atoms with Crippen LogP contribution < -0.4 is 5.32 Å². The molecule has 0 aromatic heterocycles. The first-order chi connectivity index (χ1) is 14.0. The van der Waals surface area contributed by atoms with Gasteiger partial charge in [-0.25, -0.2) is 9.36 Å². The molecule has 1 saturated heterocycles. The van der Waals surface area contributed by atoms with Crippen LogP contribution in [0.3, 0.4) is 0 Å². The second-order valence-electron chi connectivity index (χ2n) is 6.82. The Bertz CT molecular complexity index is 770. The number of phosphoric ester groups is 1. The molecule has 1 aromatic carbocycles. The Balaban J connectivity index is 2.00. The third-order valence-corrected chi connectivity index (χ3v) is 5.01. The van der Waals surface area contributed by atoms with Crippen molar-refractivity contribution in [2.45, 2.75) is 49.4 Å². The van der Waals surface area contributed by atoms with Gasteiger partial charge in [0.15, 0.2) is 0 Å². The van der Waals surface area contributed by atoms with Crippen molar-refractivity contribution in [1.82, 2.24) is 5.32 Å². The molecule has 12 nitrogen and oxygen atoms in total. The van der Waals surface area contributed by atoms with Crippen molar-refractivity contribution < 1.29 is 53.6 Å². The van der Waals surface area contributed by atoms with Crippen molar-refractivity contribution >= 4 is 19.7 Å². The Hall–Kier alpha value is -1.89. The highest BCUT2D eigenvalue weighted by Crippen LogP contribution is 2.37. The molecule has 7 N–H and O–H groups in total. The fourth-order valence-electron chi connectivity index (χ4n) is 2.99. The largest absolute Gasteiger partial charge is 0.480 e. The summed E-state index contributed by atoms with van der Waals surface area (Å²) in [6.45, 7) is -0.806. The number of amides is 1. The van der Waals surface area contributed by atoms with Crippen molar-refractivity contribution in [2.75, 3.05) is 6.61 Å². The van der Waals surface area contributed by atoms with Crippen LogP contribution in [0.15, 0.2) is 30.3 Å². The maximum absolute atomic E-state index is 12.3. The molecule has 1 aliphatic rings. The standard InChI is InChI=1S/C17H24NO11P/c19-13(18-10(17(23)24)6-9-4-2-1-3-5-9)7-11-14(20)16(22)15(21)12(29-11)8-28-30(25,26)27/h1-5,10-12,14-16,20-22H,6-8H2,(H,18,19)(H,23,24)(H2,25,26,27)/t10-,11?,12+,14+,15+,16+/m0/s1. The van der Waals surface area contributed by atoms with Crippen LogP contribution in [0.25, 0.3) is 0 Å². The van der Waals surface area contributed by atoms with E-state index in [0.29, 0.717) is 5.56 Å². The van der Waals surface area contributed by atoms with Crippen molar-refractivity contribution in [1.29, 1.82) is 0 Å². The molecule has 0 spiro atoms. The maximum Gasteiger partial charge on any atom is 0.469 e. The Morgan fingerprint density at radius 2 is 1.67 bits per heavy atom. The van der Waals surface area contributed by atoms with Gasteiger partial charge >= 0.3 is 13.8 Å². The topological polar surface area (TPSA) is 203 Å². The third kappa shape index (κ3) is 7.11. The van der Waals surface area contributed by atoms with E-state index in [1.54, 1.807) is 30.3 Å². The highest BCUT2D eigenvalue weighted by molar-refractivity contribution is 7.46. The molecular weight excluding hydrogens is 425 g/mol. The van der Waals surface area contributed by atoms with Gasteiger partial charge in [-0.3, -0.25) is 9.32 Å². The molecule has 0 aliphatic carbocycles. The van der Waals surface area contributed by atoms with E-state index in [-0.39, 0.29) is 6.42 Å². The Morgan fingerprint density at radius 3 is 2.23 bits per heavy atom. The monoisotopic (exact) mass is 449 g/mol. The summed E-state index contributed by atoms with van der Waals surface area (Å²) in [5, 5.41) is 41.5. The van der Waals surface area contributed by atoms with Crippen LogP contribution in [-0.2, 0) is 29.8 Å².